The van der Waals surface area contributed by atoms with Gasteiger partial charge in [-0.3, -0.25) is 0 Å². The van der Waals surface area contributed by atoms with Crippen molar-refractivity contribution >= 4 is 11.6 Å². The van der Waals surface area contributed by atoms with Gasteiger partial charge in [0.2, 0.25) is 0 Å². The molecular weight excluding hydrogens is 248 g/mol. The normalized spacial score (nSPS) is 9.83. The van der Waals surface area contributed by atoms with E-state index in [0.717, 1.165) is 17.2 Å². The van der Waals surface area contributed by atoms with E-state index in [4.69, 9.17) is 21.1 Å². The van der Waals surface area contributed by atoms with E-state index in [-0.39, 0.29) is 0 Å². The summed E-state index contributed by atoms with van der Waals surface area (Å²) >= 11 is 5.80. The van der Waals surface area contributed by atoms with Crippen molar-refractivity contribution in [2.45, 2.75) is 0 Å². The summed E-state index contributed by atoms with van der Waals surface area (Å²) in [5.41, 5.74) is 0. The summed E-state index contributed by atoms with van der Waals surface area (Å²) in [4.78, 5) is 0. The Morgan fingerprint density at radius 2 is 1.39 bits per heavy atom. The topological polar surface area (TPSA) is 18.5 Å². The van der Waals surface area contributed by atoms with Crippen LogP contribution in [0.4, 0.5) is 0 Å². The lowest BCUT2D eigenvalue weighted by atomic mass is 10.3. The maximum Gasteiger partial charge on any atom is 0.127 e. The summed E-state index contributed by atoms with van der Waals surface area (Å²) in [5.74, 6) is 2.29. The van der Waals surface area contributed by atoms with Gasteiger partial charge < -0.3 is 9.47 Å². The fraction of sp³-hybridized carbons (Fsp3) is 0.0667. The number of ether oxygens (including phenoxy) is 2. The van der Waals surface area contributed by atoms with Gasteiger partial charge in [0, 0.05) is 5.02 Å². The molecule has 0 fully saturated rings. The molecule has 0 bridgehead atoms. The van der Waals surface area contributed by atoms with Gasteiger partial charge in [0.15, 0.2) is 0 Å². The molecule has 0 saturated carbocycles. The molecule has 0 radical (unpaired) electrons. The third-order valence-electron chi connectivity index (χ3n) is 2.24. The predicted molar refractivity (Wildman–Crippen MR) is 73.7 cm³/mol. The van der Waals surface area contributed by atoms with Gasteiger partial charge in [0.1, 0.15) is 23.9 Å². The molecule has 0 aliphatic heterocycles. The third kappa shape index (κ3) is 3.54. The SMILES string of the molecule is C=CCOc1ccc(Oc2ccc(Cl)cc2)cc1. The highest BCUT2D eigenvalue weighted by Gasteiger charge is 1.98. The lowest BCUT2D eigenvalue weighted by Crippen LogP contribution is -1.92. The standard InChI is InChI=1S/C15H13ClO2/c1-2-11-17-13-7-9-15(10-8-13)18-14-5-3-12(16)4-6-14/h2-10H,1,11H2. The second-order valence-corrected chi connectivity index (χ2v) is 4.06. The average molecular weight is 261 g/mol. The zero-order valence-corrected chi connectivity index (χ0v) is 10.6. The number of halogens is 1. The molecule has 0 amide bonds. The van der Waals surface area contributed by atoms with E-state index >= 15 is 0 Å². The molecule has 0 spiro atoms. The second-order valence-electron chi connectivity index (χ2n) is 3.63. The van der Waals surface area contributed by atoms with Crippen LogP contribution in [0.2, 0.25) is 5.02 Å². The first-order valence-electron chi connectivity index (χ1n) is 5.55. The van der Waals surface area contributed by atoms with Crippen LogP contribution in [0.25, 0.3) is 0 Å². The number of hydrogen-bond donors (Lipinski definition) is 0. The monoisotopic (exact) mass is 260 g/mol. The molecule has 0 N–H and O–H groups in total. The summed E-state index contributed by atoms with van der Waals surface area (Å²) in [5, 5.41) is 0.690. The number of benzene rings is 2. The van der Waals surface area contributed by atoms with Crippen LogP contribution in [0.1, 0.15) is 0 Å². The molecule has 2 aromatic carbocycles. The Kier molecular flexibility index (Phi) is 4.26. The zero-order valence-electron chi connectivity index (χ0n) is 9.80. The van der Waals surface area contributed by atoms with Gasteiger partial charge in [0.25, 0.3) is 0 Å². The molecule has 0 saturated heterocycles. The maximum absolute atomic E-state index is 5.80. The highest BCUT2D eigenvalue weighted by Crippen LogP contribution is 2.24. The molecule has 0 atom stereocenters. The Morgan fingerprint density at radius 3 is 1.94 bits per heavy atom. The van der Waals surface area contributed by atoms with Crippen LogP contribution in [0.15, 0.2) is 61.2 Å². The van der Waals surface area contributed by atoms with Crippen LogP contribution in [0.5, 0.6) is 17.2 Å². The number of rotatable bonds is 5. The first-order valence-corrected chi connectivity index (χ1v) is 5.93. The lowest BCUT2D eigenvalue weighted by molar-refractivity contribution is 0.362. The molecule has 0 aliphatic carbocycles. The Hall–Kier alpha value is -1.93. The van der Waals surface area contributed by atoms with Crippen LogP contribution < -0.4 is 9.47 Å². The second kappa shape index (κ2) is 6.12. The molecule has 0 aliphatic rings. The Bertz CT molecular complexity index is 503. The zero-order chi connectivity index (χ0) is 12.8. The van der Waals surface area contributed by atoms with Gasteiger partial charge in [-0.1, -0.05) is 24.3 Å². The van der Waals surface area contributed by atoms with Gasteiger partial charge in [-0.2, -0.15) is 0 Å². The highest BCUT2D eigenvalue weighted by molar-refractivity contribution is 6.30. The summed E-state index contributed by atoms with van der Waals surface area (Å²) in [6.07, 6.45) is 1.71. The van der Waals surface area contributed by atoms with Gasteiger partial charge in [-0.15, -0.1) is 0 Å². The number of hydrogen-bond acceptors (Lipinski definition) is 2. The fourth-order valence-corrected chi connectivity index (χ4v) is 1.52. The Labute approximate surface area is 111 Å². The van der Waals surface area contributed by atoms with Crippen LogP contribution in [-0.2, 0) is 0 Å². The fourth-order valence-electron chi connectivity index (χ4n) is 1.40. The first-order chi connectivity index (χ1) is 8.78. The molecule has 18 heavy (non-hydrogen) atoms. The minimum absolute atomic E-state index is 0.497. The van der Waals surface area contributed by atoms with E-state index in [0.29, 0.717) is 11.6 Å². The largest absolute Gasteiger partial charge is 0.490 e. The molecule has 2 rings (SSSR count). The van der Waals surface area contributed by atoms with Gasteiger partial charge in [-0.05, 0) is 48.5 Å². The average Bonchev–Trinajstić information content (AvgIpc) is 2.41. The van der Waals surface area contributed by atoms with E-state index in [1.165, 1.54) is 0 Å². The van der Waals surface area contributed by atoms with Gasteiger partial charge in [0.05, 0.1) is 0 Å². The van der Waals surface area contributed by atoms with Crippen LogP contribution in [-0.4, -0.2) is 6.61 Å². The smallest absolute Gasteiger partial charge is 0.127 e. The minimum Gasteiger partial charge on any atom is -0.490 e. The Morgan fingerprint density at radius 1 is 0.889 bits per heavy atom. The van der Waals surface area contributed by atoms with Crippen molar-refractivity contribution in [3.8, 4) is 17.2 Å². The van der Waals surface area contributed by atoms with E-state index < -0.39 is 0 Å². The van der Waals surface area contributed by atoms with Gasteiger partial charge >= 0.3 is 0 Å². The minimum atomic E-state index is 0.497. The lowest BCUT2D eigenvalue weighted by Gasteiger charge is -2.07. The van der Waals surface area contributed by atoms with Crippen molar-refractivity contribution in [2.75, 3.05) is 6.61 Å². The highest BCUT2D eigenvalue weighted by atomic mass is 35.5. The van der Waals surface area contributed by atoms with E-state index in [9.17, 15) is 0 Å². The van der Waals surface area contributed by atoms with Crippen molar-refractivity contribution in [1.29, 1.82) is 0 Å². The summed E-state index contributed by atoms with van der Waals surface area (Å²) in [6, 6.07) is 14.6. The first kappa shape index (κ1) is 12.5. The van der Waals surface area contributed by atoms with Crippen LogP contribution in [0.3, 0.4) is 0 Å². The van der Waals surface area contributed by atoms with E-state index in [1.807, 2.05) is 36.4 Å². The summed E-state index contributed by atoms with van der Waals surface area (Å²) in [6.45, 7) is 4.09. The van der Waals surface area contributed by atoms with Crippen molar-refractivity contribution in [3.05, 3.63) is 66.2 Å². The molecule has 92 valence electrons. The van der Waals surface area contributed by atoms with Crippen molar-refractivity contribution in [2.24, 2.45) is 0 Å². The Balaban J connectivity index is 2.01. The van der Waals surface area contributed by atoms with Crippen LogP contribution in [0, 0.1) is 0 Å². The molecular formula is C15H13ClO2. The predicted octanol–water partition coefficient (Wildman–Crippen LogP) is 4.70. The summed E-state index contributed by atoms with van der Waals surface area (Å²) < 4.78 is 11.0. The van der Waals surface area contributed by atoms with Crippen molar-refractivity contribution in [1.82, 2.24) is 0 Å². The third-order valence-corrected chi connectivity index (χ3v) is 2.49. The summed E-state index contributed by atoms with van der Waals surface area (Å²) in [7, 11) is 0. The molecule has 2 nitrogen and oxygen atoms in total. The van der Waals surface area contributed by atoms with Gasteiger partial charge in [-0.25, -0.2) is 0 Å². The van der Waals surface area contributed by atoms with Crippen molar-refractivity contribution < 1.29 is 9.47 Å². The van der Waals surface area contributed by atoms with E-state index in [1.54, 1.807) is 18.2 Å². The molecule has 0 unspecified atom stereocenters. The molecule has 3 heteroatoms. The van der Waals surface area contributed by atoms with Crippen molar-refractivity contribution in [3.63, 3.8) is 0 Å². The van der Waals surface area contributed by atoms with Crippen LogP contribution >= 0.6 is 11.6 Å². The molecule has 0 aromatic heterocycles. The molecule has 0 heterocycles. The maximum atomic E-state index is 5.80. The molecule has 2 aromatic rings. The van der Waals surface area contributed by atoms with E-state index in [2.05, 4.69) is 6.58 Å². The quantitative estimate of drug-likeness (QED) is 0.726.